The third-order valence-corrected chi connectivity index (χ3v) is 3.90. The number of likely N-dealkylation sites (N-methyl/N-ethyl adjacent to an activating group) is 1. The van der Waals surface area contributed by atoms with Gasteiger partial charge in [0, 0.05) is 25.2 Å². The molecule has 0 aliphatic carbocycles. The molecule has 2 aliphatic heterocycles. The van der Waals surface area contributed by atoms with E-state index >= 15 is 0 Å². The van der Waals surface area contributed by atoms with Crippen LogP contribution in [0.4, 0.5) is 10.5 Å². The Morgan fingerprint density at radius 3 is 2.55 bits per heavy atom. The number of carbonyl (C=O) groups excluding carboxylic acids is 1. The van der Waals surface area contributed by atoms with Crippen LogP contribution in [0.25, 0.3) is 0 Å². The van der Waals surface area contributed by atoms with E-state index in [4.69, 9.17) is 9.84 Å². The van der Waals surface area contributed by atoms with Crippen molar-refractivity contribution < 1.29 is 19.4 Å². The van der Waals surface area contributed by atoms with Crippen LogP contribution in [0, 0.1) is 0 Å². The number of carboxylic acid groups (broad SMARTS) is 1. The molecule has 2 fully saturated rings. The van der Waals surface area contributed by atoms with E-state index in [1.165, 1.54) is 12.1 Å². The number of likely N-dealkylation sites (tertiary alicyclic amines) is 1. The molecule has 2 aliphatic rings. The van der Waals surface area contributed by atoms with Crippen molar-refractivity contribution >= 4 is 17.7 Å². The lowest BCUT2D eigenvalue weighted by Crippen LogP contribution is -2.37. The van der Waals surface area contributed by atoms with E-state index in [1.54, 1.807) is 17.0 Å². The van der Waals surface area contributed by atoms with Crippen molar-refractivity contribution in [2.75, 3.05) is 31.6 Å². The summed E-state index contributed by atoms with van der Waals surface area (Å²) < 4.78 is 5.55. The van der Waals surface area contributed by atoms with Crippen LogP contribution in [-0.4, -0.2) is 54.4 Å². The zero-order valence-electron chi connectivity index (χ0n) is 11.2. The Hall–Kier alpha value is -2.08. The molecule has 0 radical (unpaired) electrons. The van der Waals surface area contributed by atoms with Gasteiger partial charge in [-0.25, -0.2) is 9.59 Å². The van der Waals surface area contributed by atoms with Gasteiger partial charge in [0.25, 0.3) is 0 Å². The lowest BCUT2D eigenvalue weighted by molar-refractivity contribution is 0.0656. The largest absolute Gasteiger partial charge is 0.478 e. The Kier molecular flexibility index (Phi) is 2.90. The van der Waals surface area contributed by atoms with E-state index in [9.17, 15) is 9.59 Å². The second-order valence-electron chi connectivity index (χ2n) is 5.48. The molecule has 2 heterocycles. The minimum absolute atomic E-state index is 0.205. The molecule has 6 nitrogen and oxygen atoms in total. The standard InChI is InChI=1S/C14H16N2O4/c1-15-7-6-14(8-15)9-16(13(19)20-14)11-4-2-10(3-5-11)12(17)18/h2-5H,6-9H2,1H3,(H,17,18). The molecule has 1 aromatic carbocycles. The zero-order valence-corrected chi connectivity index (χ0v) is 11.2. The first-order chi connectivity index (χ1) is 9.49. The fourth-order valence-electron chi connectivity index (χ4n) is 2.86. The molecular formula is C14H16N2O4. The lowest BCUT2D eigenvalue weighted by Gasteiger charge is -2.20. The molecule has 6 heteroatoms. The smallest absolute Gasteiger partial charge is 0.415 e. The summed E-state index contributed by atoms with van der Waals surface area (Å²) in [5.74, 6) is -0.977. The highest BCUT2D eigenvalue weighted by atomic mass is 16.6. The van der Waals surface area contributed by atoms with Gasteiger partial charge in [-0.15, -0.1) is 0 Å². The zero-order chi connectivity index (χ0) is 14.3. The van der Waals surface area contributed by atoms with Gasteiger partial charge < -0.3 is 14.7 Å². The predicted octanol–water partition coefficient (Wildman–Crippen LogP) is 1.42. The van der Waals surface area contributed by atoms with Gasteiger partial charge in [-0.1, -0.05) is 0 Å². The minimum Gasteiger partial charge on any atom is -0.478 e. The van der Waals surface area contributed by atoms with Crippen molar-refractivity contribution in [2.45, 2.75) is 12.0 Å². The maximum atomic E-state index is 12.0. The molecule has 0 aromatic heterocycles. The highest BCUT2D eigenvalue weighted by molar-refractivity contribution is 5.92. The van der Waals surface area contributed by atoms with Crippen LogP contribution >= 0.6 is 0 Å². The molecule has 1 spiro atoms. The van der Waals surface area contributed by atoms with Crippen molar-refractivity contribution in [3.8, 4) is 0 Å². The van der Waals surface area contributed by atoms with E-state index in [1.807, 2.05) is 7.05 Å². The topological polar surface area (TPSA) is 70.1 Å². The van der Waals surface area contributed by atoms with E-state index in [0.29, 0.717) is 12.2 Å². The second kappa shape index (κ2) is 4.49. The molecule has 1 aromatic rings. The van der Waals surface area contributed by atoms with E-state index in [0.717, 1.165) is 19.5 Å². The maximum Gasteiger partial charge on any atom is 0.415 e. The summed E-state index contributed by atoms with van der Waals surface area (Å²) in [4.78, 5) is 26.6. The fraction of sp³-hybridized carbons (Fsp3) is 0.429. The van der Waals surface area contributed by atoms with Crippen LogP contribution in [-0.2, 0) is 4.74 Å². The first kappa shape index (κ1) is 12.9. The van der Waals surface area contributed by atoms with Gasteiger partial charge in [0.1, 0.15) is 5.60 Å². The van der Waals surface area contributed by atoms with E-state index in [2.05, 4.69) is 4.90 Å². The van der Waals surface area contributed by atoms with Gasteiger partial charge in [-0.2, -0.15) is 0 Å². The number of hydrogen-bond acceptors (Lipinski definition) is 4. The number of carbonyl (C=O) groups is 2. The van der Waals surface area contributed by atoms with Gasteiger partial charge >= 0.3 is 12.1 Å². The van der Waals surface area contributed by atoms with E-state index in [-0.39, 0.29) is 11.7 Å². The number of ether oxygens (including phenoxy) is 1. The molecule has 1 unspecified atom stereocenters. The third-order valence-electron chi connectivity index (χ3n) is 3.90. The Morgan fingerprint density at radius 1 is 1.30 bits per heavy atom. The van der Waals surface area contributed by atoms with Gasteiger partial charge in [0.15, 0.2) is 0 Å². The Bertz CT molecular complexity index is 557. The quantitative estimate of drug-likeness (QED) is 0.884. The van der Waals surface area contributed by atoms with Crippen LogP contribution in [0.3, 0.4) is 0 Å². The number of aromatic carboxylic acids is 1. The summed E-state index contributed by atoms with van der Waals surface area (Å²) in [6.45, 7) is 2.17. The Balaban J connectivity index is 1.81. The number of rotatable bonds is 2. The predicted molar refractivity (Wildman–Crippen MR) is 72.1 cm³/mol. The Morgan fingerprint density at radius 2 is 2.00 bits per heavy atom. The summed E-state index contributed by atoms with van der Waals surface area (Å²) >= 11 is 0. The molecule has 2 saturated heterocycles. The third kappa shape index (κ3) is 2.12. The van der Waals surface area contributed by atoms with Gasteiger partial charge in [0.2, 0.25) is 0 Å². The molecule has 0 bridgehead atoms. The number of nitrogens with zero attached hydrogens (tertiary/aromatic N) is 2. The van der Waals surface area contributed by atoms with Crippen LogP contribution in [0.1, 0.15) is 16.8 Å². The normalized spacial score (nSPS) is 26.2. The first-order valence-electron chi connectivity index (χ1n) is 6.52. The first-order valence-corrected chi connectivity index (χ1v) is 6.52. The number of benzene rings is 1. The SMILES string of the molecule is CN1CCC2(C1)CN(c1ccc(C(=O)O)cc1)C(=O)O2. The van der Waals surface area contributed by atoms with Crippen molar-refractivity contribution in [3.63, 3.8) is 0 Å². The summed E-state index contributed by atoms with van der Waals surface area (Å²) in [5, 5.41) is 8.88. The molecule has 20 heavy (non-hydrogen) atoms. The summed E-state index contributed by atoms with van der Waals surface area (Å²) in [7, 11) is 2.01. The van der Waals surface area contributed by atoms with Crippen LogP contribution in [0.5, 0.6) is 0 Å². The van der Waals surface area contributed by atoms with Gasteiger partial charge in [-0.3, -0.25) is 4.90 Å². The molecule has 1 N–H and O–H groups in total. The summed E-state index contributed by atoms with van der Waals surface area (Å²) in [6.07, 6.45) is 0.474. The van der Waals surface area contributed by atoms with Crippen LogP contribution in [0.15, 0.2) is 24.3 Å². The summed E-state index contributed by atoms with van der Waals surface area (Å²) in [5.41, 5.74) is 0.458. The summed E-state index contributed by atoms with van der Waals surface area (Å²) in [6, 6.07) is 6.28. The number of hydrogen-bond donors (Lipinski definition) is 1. The van der Waals surface area contributed by atoms with Crippen molar-refractivity contribution in [1.29, 1.82) is 0 Å². The van der Waals surface area contributed by atoms with Crippen molar-refractivity contribution in [3.05, 3.63) is 29.8 Å². The molecule has 106 valence electrons. The molecule has 0 saturated carbocycles. The van der Waals surface area contributed by atoms with Crippen molar-refractivity contribution in [1.82, 2.24) is 4.90 Å². The molecule has 3 rings (SSSR count). The number of anilines is 1. The monoisotopic (exact) mass is 276 g/mol. The molecule has 1 amide bonds. The highest BCUT2D eigenvalue weighted by Gasteiger charge is 2.49. The molecule has 1 atom stereocenters. The highest BCUT2D eigenvalue weighted by Crippen LogP contribution is 2.34. The minimum atomic E-state index is -0.977. The average molecular weight is 276 g/mol. The Labute approximate surface area is 116 Å². The van der Waals surface area contributed by atoms with Gasteiger partial charge in [0.05, 0.1) is 12.1 Å². The maximum absolute atomic E-state index is 12.0. The number of amides is 1. The fourth-order valence-corrected chi connectivity index (χ4v) is 2.86. The van der Waals surface area contributed by atoms with Crippen LogP contribution in [0.2, 0.25) is 0 Å². The van der Waals surface area contributed by atoms with Gasteiger partial charge in [-0.05, 0) is 31.3 Å². The average Bonchev–Trinajstić information content (AvgIpc) is 2.93. The molecular weight excluding hydrogens is 260 g/mol. The van der Waals surface area contributed by atoms with Crippen LogP contribution < -0.4 is 4.90 Å². The van der Waals surface area contributed by atoms with E-state index < -0.39 is 11.6 Å². The second-order valence-corrected chi connectivity index (χ2v) is 5.48. The number of carboxylic acids is 1. The van der Waals surface area contributed by atoms with Crippen molar-refractivity contribution in [2.24, 2.45) is 0 Å². The lowest BCUT2D eigenvalue weighted by atomic mass is 10.0.